The molecule has 0 aromatic heterocycles. The highest BCUT2D eigenvalue weighted by atomic mass is 16.2. The molecule has 7 nitrogen and oxygen atoms in total. The molecule has 0 aliphatic carbocycles. The number of hydrogen-bond acceptors (Lipinski definition) is 5. The number of nitrogens with one attached hydrogen (secondary N) is 2. The third-order valence-corrected chi connectivity index (χ3v) is 3.79. The number of carbonyl (C=O) groups excluding carboxylic acids is 3. The van der Waals surface area contributed by atoms with E-state index in [1.807, 2.05) is 30.3 Å². The van der Waals surface area contributed by atoms with Gasteiger partial charge in [-0.3, -0.25) is 9.59 Å². The summed E-state index contributed by atoms with van der Waals surface area (Å²) in [6, 6.07) is 7.23. The molecule has 0 bridgehead atoms. The quantitative estimate of drug-likeness (QED) is 0.327. The van der Waals surface area contributed by atoms with E-state index in [0.717, 1.165) is 18.4 Å². The molecule has 1 unspecified atom stereocenters. The fourth-order valence-corrected chi connectivity index (χ4v) is 2.33. The monoisotopic (exact) mass is 348 g/mol. The minimum Gasteiger partial charge on any atom is -0.345 e. The molecule has 0 radical (unpaired) electrons. The minimum atomic E-state index is -0.794. The average molecular weight is 348 g/mol. The molecule has 0 heterocycles. The fourth-order valence-electron chi connectivity index (χ4n) is 2.33. The predicted octanol–water partition coefficient (Wildman–Crippen LogP) is -0.126. The zero-order valence-corrected chi connectivity index (χ0v) is 14.6. The van der Waals surface area contributed by atoms with E-state index in [2.05, 4.69) is 10.6 Å². The van der Waals surface area contributed by atoms with Crippen LogP contribution in [-0.2, 0) is 20.8 Å². The van der Waals surface area contributed by atoms with Crippen molar-refractivity contribution in [3.8, 4) is 0 Å². The topological polar surface area (TPSA) is 127 Å². The number of nitrogens with two attached hydrogens (primary N) is 2. The molecule has 0 aliphatic rings. The Morgan fingerprint density at radius 1 is 1.12 bits per heavy atom. The van der Waals surface area contributed by atoms with Crippen LogP contribution in [-0.4, -0.2) is 42.8 Å². The molecule has 0 saturated carbocycles. The summed E-state index contributed by atoms with van der Waals surface area (Å²) >= 11 is 0. The van der Waals surface area contributed by atoms with Gasteiger partial charge in [-0.1, -0.05) is 30.3 Å². The van der Waals surface area contributed by atoms with Gasteiger partial charge in [-0.05, 0) is 38.3 Å². The summed E-state index contributed by atoms with van der Waals surface area (Å²) in [6.45, 7) is 2.09. The lowest BCUT2D eigenvalue weighted by Crippen LogP contribution is -2.53. The van der Waals surface area contributed by atoms with Gasteiger partial charge in [0.15, 0.2) is 0 Å². The van der Waals surface area contributed by atoms with Crippen LogP contribution in [0.25, 0.3) is 0 Å². The van der Waals surface area contributed by atoms with E-state index in [1.165, 1.54) is 0 Å². The number of benzene rings is 1. The summed E-state index contributed by atoms with van der Waals surface area (Å²) in [5, 5.41) is 5.34. The van der Waals surface area contributed by atoms with Crippen LogP contribution >= 0.6 is 0 Å². The molecule has 0 saturated heterocycles. The van der Waals surface area contributed by atoms with Crippen LogP contribution in [0.1, 0.15) is 31.7 Å². The molecule has 0 fully saturated rings. The van der Waals surface area contributed by atoms with Gasteiger partial charge in [0.25, 0.3) is 0 Å². The van der Waals surface area contributed by atoms with Crippen molar-refractivity contribution in [2.45, 2.75) is 50.7 Å². The maximum Gasteiger partial charge on any atom is 0.243 e. The number of carbonyl (C=O) groups is 3. The largest absolute Gasteiger partial charge is 0.345 e. The summed E-state index contributed by atoms with van der Waals surface area (Å²) in [6.07, 6.45) is 3.08. The molecule has 2 amide bonds. The summed E-state index contributed by atoms with van der Waals surface area (Å²) in [4.78, 5) is 35.7. The van der Waals surface area contributed by atoms with Gasteiger partial charge in [-0.15, -0.1) is 0 Å². The SMILES string of the molecule is C[C@H](N)C(=O)N[C@H](Cc1ccccc1)C(=O)NC(C=O)CCCCN. The van der Waals surface area contributed by atoms with Gasteiger partial charge < -0.3 is 26.9 Å². The fraction of sp³-hybridized carbons (Fsp3) is 0.500. The number of hydrogen-bond donors (Lipinski definition) is 4. The van der Waals surface area contributed by atoms with Gasteiger partial charge in [-0.25, -0.2) is 0 Å². The van der Waals surface area contributed by atoms with E-state index in [0.29, 0.717) is 25.7 Å². The summed E-state index contributed by atoms with van der Waals surface area (Å²) in [5.41, 5.74) is 11.9. The van der Waals surface area contributed by atoms with E-state index in [4.69, 9.17) is 11.5 Å². The van der Waals surface area contributed by atoms with Crippen LogP contribution in [0.2, 0.25) is 0 Å². The van der Waals surface area contributed by atoms with Crippen molar-refractivity contribution < 1.29 is 14.4 Å². The smallest absolute Gasteiger partial charge is 0.243 e. The van der Waals surface area contributed by atoms with Crippen molar-refractivity contribution in [1.82, 2.24) is 10.6 Å². The summed E-state index contributed by atoms with van der Waals surface area (Å²) in [5.74, 6) is -0.815. The molecular formula is C18H28N4O3. The van der Waals surface area contributed by atoms with Crippen molar-refractivity contribution in [3.63, 3.8) is 0 Å². The lowest BCUT2D eigenvalue weighted by atomic mass is 10.0. The number of amides is 2. The van der Waals surface area contributed by atoms with Gasteiger partial charge in [0.1, 0.15) is 12.3 Å². The van der Waals surface area contributed by atoms with E-state index >= 15 is 0 Å². The van der Waals surface area contributed by atoms with Crippen LogP contribution in [0.3, 0.4) is 0 Å². The first kappa shape index (κ1) is 20.8. The first-order chi connectivity index (χ1) is 12.0. The predicted molar refractivity (Wildman–Crippen MR) is 96.6 cm³/mol. The van der Waals surface area contributed by atoms with Crippen LogP contribution in [0.4, 0.5) is 0 Å². The minimum absolute atomic E-state index is 0.319. The van der Waals surface area contributed by atoms with E-state index < -0.39 is 29.9 Å². The van der Waals surface area contributed by atoms with Crippen molar-refractivity contribution in [3.05, 3.63) is 35.9 Å². The summed E-state index contributed by atoms with van der Waals surface area (Å²) in [7, 11) is 0. The zero-order chi connectivity index (χ0) is 18.7. The normalized spacial score (nSPS) is 14.2. The average Bonchev–Trinajstić information content (AvgIpc) is 2.61. The van der Waals surface area contributed by atoms with Gasteiger partial charge in [-0.2, -0.15) is 0 Å². The summed E-state index contributed by atoms with van der Waals surface area (Å²) < 4.78 is 0. The van der Waals surface area contributed by atoms with Gasteiger partial charge in [0, 0.05) is 6.42 Å². The Hall–Kier alpha value is -2.25. The number of rotatable bonds is 11. The Morgan fingerprint density at radius 3 is 2.36 bits per heavy atom. The third kappa shape index (κ3) is 7.91. The second kappa shape index (κ2) is 11.3. The third-order valence-electron chi connectivity index (χ3n) is 3.79. The Labute approximate surface area is 148 Å². The Morgan fingerprint density at radius 2 is 1.80 bits per heavy atom. The van der Waals surface area contributed by atoms with Crippen LogP contribution in [0, 0.1) is 0 Å². The zero-order valence-electron chi connectivity index (χ0n) is 14.6. The van der Waals surface area contributed by atoms with Gasteiger partial charge in [0.05, 0.1) is 12.1 Å². The molecule has 7 heteroatoms. The molecule has 0 spiro atoms. The number of aldehydes is 1. The Kier molecular flexibility index (Phi) is 9.42. The molecule has 6 N–H and O–H groups in total. The van der Waals surface area contributed by atoms with E-state index in [-0.39, 0.29) is 0 Å². The van der Waals surface area contributed by atoms with Crippen LogP contribution in [0.15, 0.2) is 30.3 Å². The van der Waals surface area contributed by atoms with Crippen molar-refractivity contribution in [2.24, 2.45) is 11.5 Å². The molecule has 25 heavy (non-hydrogen) atoms. The van der Waals surface area contributed by atoms with E-state index in [9.17, 15) is 14.4 Å². The second-order valence-corrected chi connectivity index (χ2v) is 6.08. The molecule has 1 aromatic carbocycles. The van der Waals surface area contributed by atoms with Crippen molar-refractivity contribution in [2.75, 3.05) is 6.54 Å². The van der Waals surface area contributed by atoms with Gasteiger partial charge >= 0.3 is 0 Å². The Bertz CT molecular complexity index is 549. The number of unbranched alkanes of at least 4 members (excludes halogenated alkanes) is 1. The first-order valence-electron chi connectivity index (χ1n) is 8.53. The molecule has 1 aromatic rings. The second-order valence-electron chi connectivity index (χ2n) is 6.08. The molecular weight excluding hydrogens is 320 g/mol. The maximum absolute atomic E-state index is 12.6. The molecule has 1 rings (SSSR count). The lowest BCUT2D eigenvalue weighted by molar-refractivity contribution is -0.130. The first-order valence-corrected chi connectivity index (χ1v) is 8.53. The van der Waals surface area contributed by atoms with Crippen LogP contribution < -0.4 is 22.1 Å². The van der Waals surface area contributed by atoms with Crippen LogP contribution in [0.5, 0.6) is 0 Å². The van der Waals surface area contributed by atoms with Crippen molar-refractivity contribution >= 4 is 18.1 Å². The van der Waals surface area contributed by atoms with E-state index in [1.54, 1.807) is 6.92 Å². The van der Waals surface area contributed by atoms with Gasteiger partial charge in [0.2, 0.25) is 11.8 Å². The molecule has 138 valence electrons. The highest BCUT2D eigenvalue weighted by Crippen LogP contribution is 2.05. The van der Waals surface area contributed by atoms with Crippen molar-refractivity contribution in [1.29, 1.82) is 0 Å². The lowest BCUT2D eigenvalue weighted by Gasteiger charge is -2.22. The molecule has 3 atom stereocenters. The maximum atomic E-state index is 12.6. The molecule has 0 aliphatic heterocycles. The highest BCUT2D eigenvalue weighted by Gasteiger charge is 2.24. The highest BCUT2D eigenvalue weighted by molar-refractivity contribution is 5.90. The standard InChI is InChI=1S/C18H28N4O3/c1-13(20)17(24)22-16(11-14-7-3-2-4-8-14)18(25)21-15(12-23)9-5-6-10-19/h2-4,7-8,12-13,15-16H,5-6,9-11,19-20H2,1H3,(H,21,25)(H,22,24)/t13-,15?,16+/m0/s1. The Balaban J connectivity index is 2.76.